The molecular formula is C24H23N5O4S4. The maximum absolute atomic E-state index is 12.5. The molecule has 0 unspecified atom stereocenters. The van der Waals surface area contributed by atoms with Gasteiger partial charge in [0.25, 0.3) is 5.69 Å². The van der Waals surface area contributed by atoms with Crippen LogP contribution in [0.25, 0.3) is 20.4 Å². The number of benzene rings is 2. The molecule has 1 aliphatic rings. The molecule has 2 amide bonds. The third-order valence-electron chi connectivity index (χ3n) is 5.84. The molecule has 13 heteroatoms. The molecular weight excluding hydrogens is 551 g/mol. The van der Waals surface area contributed by atoms with Crippen molar-refractivity contribution in [2.45, 2.75) is 46.8 Å². The molecule has 9 nitrogen and oxygen atoms in total. The van der Waals surface area contributed by atoms with Crippen LogP contribution < -0.4 is 10.6 Å². The zero-order valence-corrected chi connectivity index (χ0v) is 22.9. The molecule has 0 spiro atoms. The Morgan fingerprint density at radius 1 is 0.919 bits per heavy atom. The second-order valence-electron chi connectivity index (χ2n) is 8.58. The normalized spacial score (nSPS) is 14.2. The van der Waals surface area contributed by atoms with E-state index < -0.39 is 4.92 Å². The van der Waals surface area contributed by atoms with Crippen molar-refractivity contribution in [3.8, 4) is 0 Å². The molecule has 2 aromatic heterocycles. The van der Waals surface area contributed by atoms with E-state index in [9.17, 15) is 19.7 Å². The van der Waals surface area contributed by atoms with Crippen LogP contribution in [0.2, 0.25) is 0 Å². The summed E-state index contributed by atoms with van der Waals surface area (Å²) in [5, 5.41) is 17.0. The lowest BCUT2D eigenvalue weighted by atomic mass is 9.95. The highest BCUT2D eigenvalue weighted by molar-refractivity contribution is 8.02. The van der Waals surface area contributed by atoms with Crippen molar-refractivity contribution in [2.75, 3.05) is 16.8 Å². The summed E-state index contributed by atoms with van der Waals surface area (Å²) in [6.07, 6.45) is 5.75. The fourth-order valence-electron chi connectivity index (χ4n) is 4.08. The van der Waals surface area contributed by atoms with Crippen molar-refractivity contribution in [3.05, 3.63) is 46.5 Å². The van der Waals surface area contributed by atoms with Crippen LogP contribution in [0.1, 0.15) is 32.1 Å². The van der Waals surface area contributed by atoms with E-state index in [2.05, 4.69) is 20.6 Å². The van der Waals surface area contributed by atoms with Crippen molar-refractivity contribution in [2.24, 2.45) is 0 Å². The molecule has 2 N–H and O–H groups in total. The number of nitrogens with one attached hydrogen (secondary N) is 2. The van der Waals surface area contributed by atoms with E-state index in [4.69, 9.17) is 0 Å². The topological polar surface area (TPSA) is 127 Å². The van der Waals surface area contributed by atoms with Crippen LogP contribution in [0.4, 0.5) is 11.4 Å². The molecule has 2 aromatic carbocycles. The van der Waals surface area contributed by atoms with Crippen LogP contribution in [0.5, 0.6) is 0 Å². The Morgan fingerprint density at radius 3 is 2.22 bits per heavy atom. The van der Waals surface area contributed by atoms with E-state index in [0.29, 0.717) is 32.0 Å². The number of hydrogen-bond donors (Lipinski definition) is 2. The Hall–Kier alpha value is -2.74. The van der Waals surface area contributed by atoms with Crippen molar-refractivity contribution in [3.63, 3.8) is 0 Å². The van der Waals surface area contributed by atoms with Crippen LogP contribution in [-0.4, -0.2) is 44.3 Å². The summed E-state index contributed by atoms with van der Waals surface area (Å²) >= 11 is 5.55. The number of nitro groups is 1. The number of anilines is 1. The monoisotopic (exact) mass is 573 g/mol. The number of rotatable bonds is 9. The van der Waals surface area contributed by atoms with Crippen molar-refractivity contribution >= 4 is 89.8 Å². The minimum atomic E-state index is -0.435. The van der Waals surface area contributed by atoms with Crippen molar-refractivity contribution in [1.29, 1.82) is 0 Å². The molecule has 192 valence electrons. The zero-order chi connectivity index (χ0) is 25.8. The molecule has 0 aliphatic heterocycles. The first kappa shape index (κ1) is 25.9. The van der Waals surface area contributed by atoms with Gasteiger partial charge in [0.1, 0.15) is 0 Å². The van der Waals surface area contributed by atoms with Crippen molar-refractivity contribution < 1.29 is 14.5 Å². The van der Waals surface area contributed by atoms with Gasteiger partial charge in [0, 0.05) is 23.9 Å². The largest absolute Gasteiger partial charge is 0.353 e. The molecule has 2 heterocycles. The Morgan fingerprint density at radius 2 is 1.54 bits per heavy atom. The van der Waals surface area contributed by atoms with Gasteiger partial charge in [-0.05, 0) is 37.1 Å². The Kier molecular flexibility index (Phi) is 8.23. The minimum absolute atomic E-state index is 0.0215. The number of nitrogens with zero attached hydrogens (tertiary/aromatic N) is 3. The first-order valence-corrected chi connectivity index (χ1v) is 15.3. The Bertz CT molecular complexity index is 1460. The maximum atomic E-state index is 12.5. The van der Waals surface area contributed by atoms with E-state index in [0.717, 1.165) is 27.4 Å². The molecule has 0 saturated heterocycles. The molecule has 0 radical (unpaired) electrons. The third-order valence-corrected chi connectivity index (χ3v) is 10.2. The van der Waals surface area contributed by atoms with Gasteiger partial charge < -0.3 is 10.6 Å². The molecule has 4 aromatic rings. The number of amides is 2. The van der Waals surface area contributed by atoms with Crippen molar-refractivity contribution in [1.82, 2.24) is 15.3 Å². The number of thiazole rings is 2. The fourth-order valence-corrected chi connectivity index (χ4v) is 7.90. The summed E-state index contributed by atoms with van der Waals surface area (Å²) in [7, 11) is 0. The SMILES string of the molecule is O=C(CSc1nc2ccc([N+](=O)[O-])cc2s1)Nc1ccc2nc(SCC(=O)NC3CCCCC3)sc2c1. The van der Waals surface area contributed by atoms with Gasteiger partial charge in [0.15, 0.2) is 8.68 Å². The van der Waals surface area contributed by atoms with Gasteiger partial charge in [-0.25, -0.2) is 9.97 Å². The summed E-state index contributed by atoms with van der Waals surface area (Å²) in [4.78, 5) is 44.4. The first-order chi connectivity index (χ1) is 17.9. The number of carbonyl (C=O) groups excluding carboxylic acids is 2. The molecule has 0 bridgehead atoms. The standard InChI is InChI=1S/C24H23N5O4S4/c30-21(25-14-4-2-1-3-5-14)12-34-23-27-17-8-6-15(10-19(17)36-23)26-22(31)13-35-24-28-18-9-7-16(29(32)33)11-20(18)37-24/h6-11,14H,1-5,12-13H2,(H,25,30)(H,26,31). The number of hydrogen-bond acceptors (Lipinski definition) is 10. The predicted octanol–water partition coefficient (Wildman–Crippen LogP) is 6.09. The molecule has 1 saturated carbocycles. The summed E-state index contributed by atoms with van der Waals surface area (Å²) in [6, 6.07) is 10.4. The quantitative estimate of drug-likeness (QED) is 0.140. The lowest BCUT2D eigenvalue weighted by Gasteiger charge is -2.22. The average Bonchev–Trinajstić information content (AvgIpc) is 3.49. The van der Waals surface area contributed by atoms with Crippen LogP contribution in [0.15, 0.2) is 45.1 Å². The summed E-state index contributed by atoms with van der Waals surface area (Å²) in [5.41, 5.74) is 2.20. The lowest BCUT2D eigenvalue weighted by molar-refractivity contribution is -0.384. The summed E-state index contributed by atoms with van der Waals surface area (Å²) in [6.45, 7) is 0. The van der Waals surface area contributed by atoms with E-state index in [-0.39, 0.29) is 23.3 Å². The molecule has 37 heavy (non-hydrogen) atoms. The number of non-ortho nitro benzene ring substituents is 1. The molecule has 1 aliphatic carbocycles. The Balaban J connectivity index is 1.13. The second kappa shape index (κ2) is 11.8. The van der Waals surface area contributed by atoms with Gasteiger partial charge in [-0.1, -0.05) is 42.8 Å². The van der Waals surface area contributed by atoms with Crippen LogP contribution in [0, 0.1) is 10.1 Å². The van der Waals surface area contributed by atoms with Gasteiger partial charge in [-0.3, -0.25) is 19.7 Å². The molecule has 0 atom stereocenters. The number of fused-ring (bicyclic) bond motifs is 2. The minimum Gasteiger partial charge on any atom is -0.353 e. The first-order valence-electron chi connectivity index (χ1n) is 11.7. The summed E-state index contributed by atoms with van der Waals surface area (Å²) in [5.74, 6) is 0.386. The third kappa shape index (κ3) is 6.78. The lowest BCUT2D eigenvalue weighted by Crippen LogP contribution is -2.37. The number of nitro benzene ring substituents is 1. The molecule has 5 rings (SSSR count). The number of thioether (sulfide) groups is 2. The number of aromatic nitrogens is 2. The van der Waals surface area contributed by atoms with Gasteiger partial charge in [-0.2, -0.15) is 0 Å². The van der Waals surface area contributed by atoms with E-state index >= 15 is 0 Å². The Labute approximate surface area is 229 Å². The van der Waals surface area contributed by atoms with E-state index in [1.165, 1.54) is 77.6 Å². The van der Waals surface area contributed by atoms with E-state index in [1.54, 1.807) is 6.07 Å². The van der Waals surface area contributed by atoms with Gasteiger partial charge in [-0.15, -0.1) is 22.7 Å². The second-order valence-corrected chi connectivity index (χ2v) is 13.1. The highest BCUT2D eigenvalue weighted by Gasteiger charge is 2.17. The smallest absolute Gasteiger partial charge is 0.270 e. The summed E-state index contributed by atoms with van der Waals surface area (Å²) < 4.78 is 3.16. The fraction of sp³-hybridized carbons (Fsp3) is 0.333. The highest BCUT2D eigenvalue weighted by Crippen LogP contribution is 2.33. The zero-order valence-electron chi connectivity index (χ0n) is 19.6. The average molecular weight is 574 g/mol. The van der Waals surface area contributed by atoms with Crippen LogP contribution in [-0.2, 0) is 9.59 Å². The predicted molar refractivity (Wildman–Crippen MR) is 151 cm³/mol. The maximum Gasteiger partial charge on any atom is 0.270 e. The van der Waals surface area contributed by atoms with Crippen LogP contribution in [0.3, 0.4) is 0 Å². The molecule has 1 fully saturated rings. The van der Waals surface area contributed by atoms with Gasteiger partial charge >= 0.3 is 0 Å². The number of carbonyl (C=O) groups is 2. The van der Waals surface area contributed by atoms with E-state index in [1.807, 2.05) is 18.2 Å². The van der Waals surface area contributed by atoms with Crippen LogP contribution >= 0.6 is 46.2 Å². The highest BCUT2D eigenvalue weighted by atomic mass is 32.2. The van der Waals surface area contributed by atoms with Gasteiger partial charge in [0.2, 0.25) is 11.8 Å². The van der Waals surface area contributed by atoms with Gasteiger partial charge in [0.05, 0.1) is 36.9 Å².